The third kappa shape index (κ3) is 2.10. The van der Waals surface area contributed by atoms with Crippen molar-refractivity contribution < 1.29 is 19.0 Å². The maximum Gasteiger partial charge on any atom is 0.247 e. The highest BCUT2D eigenvalue weighted by molar-refractivity contribution is 6.05. The minimum Gasteiger partial charge on any atom is -0.497 e. The Morgan fingerprint density at radius 2 is 1.87 bits per heavy atom. The predicted molar refractivity (Wildman–Crippen MR) is 83.8 cm³/mol. The summed E-state index contributed by atoms with van der Waals surface area (Å²) in [5.41, 5.74) is 7.75. The lowest BCUT2D eigenvalue weighted by atomic mass is 9.88. The van der Waals surface area contributed by atoms with E-state index in [-0.39, 0.29) is 18.7 Å². The first-order valence-corrected chi connectivity index (χ1v) is 7.31. The van der Waals surface area contributed by atoms with Gasteiger partial charge in [-0.2, -0.15) is 0 Å². The molecule has 6 nitrogen and oxygen atoms in total. The zero-order chi connectivity index (χ0) is 16.0. The lowest BCUT2D eigenvalue weighted by molar-refractivity contribution is -0.126. The minimum absolute atomic E-state index is 0.107. The van der Waals surface area contributed by atoms with Crippen molar-refractivity contribution in [2.45, 2.75) is 12.1 Å². The van der Waals surface area contributed by atoms with Crippen LogP contribution in [-0.2, 0) is 4.79 Å². The van der Waals surface area contributed by atoms with Crippen molar-refractivity contribution in [3.8, 4) is 17.2 Å². The van der Waals surface area contributed by atoms with Crippen LogP contribution in [0.1, 0.15) is 11.6 Å². The number of nitrogens with two attached hydrogens (primary N) is 1. The number of anilines is 1. The lowest BCUT2D eigenvalue weighted by Gasteiger charge is -2.45. The summed E-state index contributed by atoms with van der Waals surface area (Å²) in [4.78, 5) is 14.0. The number of methoxy groups -OCH3 is 1. The fourth-order valence-electron chi connectivity index (χ4n) is 2.99. The predicted octanol–water partition coefficient (Wildman–Crippen LogP) is 1.84. The monoisotopic (exact) mass is 312 g/mol. The van der Waals surface area contributed by atoms with Crippen LogP contribution in [-0.4, -0.2) is 25.9 Å². The number of fused-ring (bicyclic) bond motifs is 1. The van der Waals surface area contributed by atoms with Crippen LogP contribution < -0.4 is 24.8 Å². The van der Waals surface area contributed by atoms with Gasteiger partial charge >= 0.3 is 0 Å². The Morgan fingerprint density at radius 3 is 2.61 bits per heavy atom. The van der Waals surface area contributed by atoms with Gasteiger partial charge in [0.05, 0.1) is 13.2 Å². The van der Waals surface area contributed by atoms with E-state index in [0.717, 1.165) is 17.0 Å². The number of β-lactam (4-membered cyclic amide) rings is 1. The van der Waals surface area contributed by atoms with Gasteiger partial charge in [-0.3, -0.25) is 4.79 Å². The molecule has 2 aromatic carbocycles. The summed E-state index contributed by atoms with van der Waals surface area (Å²) in [6, 6.07) is 12.3. The highest BCUT2D eigenvalue weighted by Gasteiger charge is 2.46. The van der Waals surface area contributed by atoms with E-state index in [1.807, 2.05) is 36.4 Å². The second kappa shape index (κ2) is 5.17. The summed E-state index contributed by atoms with van der Waals surface area (Å²) in [7, 11) is 1.62. The normalized spacial score (nSPS) is 22.0. The van der Waals surface area contributed by atoms with Gasteiger partial charge in [0.2, 0.25) is 12.7 Å². The van der Waals surface area contributed by atoms with E-state index in [0.29, 0.717) is 11.5 Å². The molecule has 1 fully saturated rings. The molecule has 23 heavy (non-hydrogen) atoms. The topological polar surface area (TPSA) is 74.0 Å². The Kier molecular flexibility index (Phi) is 3.12. The second-order valence-corrected chi connectivity index (χ2v) is 5.49. The van der Waals surface area contributed by atoms with Crippen molar-refractivity contribution in [1.29, 1.82) is 0 Å². The molecule has 2 heterocycles. The molecule has 2 aliphatic rings. The summed E-state index contributed by atoms with van der Waals surface area (Å²) < 4.78 is 15.9. The highest BCUT2D eigenvalue weighted by atomic mass is 16.7. The van der Waals surface area contributed by atoms with Crippen LogP contribution in [0, 0.1) is 0 Å². The van der Waals surface area contributed by atoms with E-state index in [1.54, 1.807) is 18.1 Å². The fraction of sp³-hybridized carbons (Fsp3) is 0.235. The van der Waals surface area contributed by atoms with Gasteiger partial charge in [-0.25, -0.2) is 0 Å². The second-order valence-electron chi connectivity index (χ2n) is 5.49. The zero-order valence-electron chi connectivity index (χ0n) is 12.6. The van der Waals surface area contributed by atoms with Crippen molar-refractivity contribution in [1.82, 2.24) is 0 Å². The van der Waals surface area contributed by atoms with E-state index in [2.05, 4.69) is 0 Å². The molecule has 0 spiro atoms. The van der Waals surface area contributed by atoms with Crippen molar-refractivity contribution >= 4 is 11.6 Å². The fourth-order valence-corrected chi connectivity index (χ4v) is 2.99. The van der Waals surface area contributed by atoms with Crippen LogP contribution in [0.15, 0.2) is 42.5 Å². The van der Waals surface area contributed by atoms with E-state index in [4.69, 9.17) is 19.9 Å². The smallest absolute Gasteiger partial charge is 0.247 e. The number of ether oxygens (including phenoxy) is 3. The third-order valence-corrected chi connectivity index (χ3v) is 4.23. The molecule has 1 saturated heterocycles. The molecule has 6 heteroatoms. The van der Waals surface area contributed by atoms with Gasteiger partial charge in [0.15, 0.2) is 11.5 Å². The molecule has 2 N–H and O–H groups in total. The van der Waals surface area contributed by atoms with Crippen LogP contribution >= 0.6 is 0 Å². The molecule has 1 amide bonds. The summed E-state index contributed by atoms with van der Waals surface area (Å²) in [6.07, 6.45) is 0. The maximum atomic E-state index is 12.3. The molecule has 2 aliphatic heterocycles. The Labute approximate surface area is 133 Å². The molecule has 118 valence electrons. The van der Waals surface area contributed by atoms with Gasteiger partial charge in [0, 0.05) is 11.8 Å². The number of hydrogen-bond donors (Lipinski definition) is 1. The molecule has 0 unspecified atom stereocenters. The quantitative estimate of drug-likeness (QED) is 0.875. The first kappa shape index (κ1) is 13.9. The van der Waals surface area contributed by atoms with Gasteiger partial charge in [-0.15, -0.1) is 0 Å². The van der Waals surface area contributed by atoms with E-state index in [1.165, 1.54) is 0 Å². The number of nitrogens with zero attached hydrogens (tertiary/aromatic N) is 1. The summed E-state index contributed by atoms with van der Waals surface area (Å²) in [5, 5.41) is 0. The van der Waals surface area contributed by atoms with Crippen LogP contribution in [0.5, 0.6) is 17.2 Å². The molecule has 2 aromatic rings. The average molecular weight is 312 g/mol. The number of carbonyl (C=O) groups excluding carboxylic acids is 1. The number of hydrogen-bond acceptors (Lipinski definition) is 5. The molecular formula is C17H16N2O4. The van der Waals surface area contributed by atoms with E-state index in [9.17, 15) is 4.79 Å². The van der Waals surface area contributed by atoms with Crippen molar-refractivity contribution in [3.63, 3.8) is 0 Å². The molecule has 0 bridgehead atoms. The Bertz CT molecular complexity index is 760. The Morgan fingerprint density at radius 1 is 1.13 bits per heavy atom. The molecule has 0 aromatic heterocycles. The van der Waals surface area contributed by atoms with Crippen LogP contribution in [0.4, 0.5) is 5.69 Å². The largest absolute Gasteiger partial charge is 0.497 e. The van der Waals surface area contributed by atoms with Crippen molar-refractivity contribution in [3.05, 3.63) is 48.0 Å². The molecule has 4 rings (SSSR count). The van der Waals surface area contributed by atoms with Gasteiger partial charge in [-0.05, 0) is 29.8 Å². The zero-order valence-corrected chi connectivity index (χ0v) is 12.6. The van der Waals surface area contributed by atoms with Crippen LogP contribution in [0.25, 0.3) is 0 Å². The highest BCUT2D eigenvalue weighted by Crippen LogP contribution is 2.42. The first-order valence-electron chi connectivity index (χ1n) is 7.31. The SMILES string of the molecule is COc1ccc([C@@H]2[C@@H](N)C(=O)N2c2ccc3c(c2)OCO3)cc1. The molecule has 0 aliphatic carbocycles. The molecule has 0 saturated carbocycles. The van der Waals surface area contributed by atoms with Gasteiger partial charge < -0.3 is 24.8 Å². The number of amides is 1. The van der Waals surface area contributed by atoms with Crippen LogP contribution in [0.3, 0.4) is 0 Å². The van der Waals surface area contributed by atoms with E-state index >= 15 is 0 Å². The van der Waals surface area contributed by atoms with Crippen molar-refractivity contribution in [2.75, 3.05) is 18.8 Å². The number of carbonyl (C=O) groups is 1. The first-order chi connectivity index (χ1) is 11.2. The minimum atomic E-state index is -0.547. The maximum absolute atomic E-state index is 12.3. The average Bonchev–Trinajstić information content (AvgIpc) is 3.06. The van der Waals surface area contributed by atoms with E-state index < -0.39 is 6.04 Å². The number of rotatable bonds is 3. The Balaban J connectivity index is 1.67. The molecule has 2 atom stereocenters. The summed E-state index contributed by atoms with van der Waals surface area (Å²) >= 11 is 0. The summed E-state index contributed by atoms with van der Waals surface area (Å²) in [6.45, 7) is 0.203. The summed E-state index contributed by atoms with van der Waals surface area (Å²) in [5.74, 6) is 1.99. The third-order valence-electron chi connectivity index (χ3n) is 4.23. The molecule has 0 radical (unpaired) electrons. The standard InChI is InChI=1S/C17H16N2O4/c1-21-12-5-2-10(3-6-12)16-15(18)17(20)19(16)11-4-7-13-14(8-11)23-9-22-13/h2-8,15-16H,9,18H2,1H3/t15-,16-/m1/s1. The molecular weight excluding hydrogens is 296 g/mol. The van der Waals surface area contributed by atoms with Crippen LogP contribution in [0.2, 0.25) is 0 Å². The number of benzene rings is 2. The van der Waals surface area contributed by atoms with Gasteiger partial charge in [-0.1, -0.05) is 12.1 Å². The van der Waals surface area contributed by atoms with Gasteiger partial charge in [0.25, 0.3) is 0 Å². The van der Waals surface area contributed by atoms with Gasteiger partial charge in [0.1, 0.15) is 11.8 Å². The lowest BCUT2D eigenvalue weighted by Crippen LogP contribution is -2.63. The Hall–Kier alpha value is -2.73. The van der Waals surface area contributed by atoms with Crippen molar-refractivity contribution in [2.24, 2.45) is 5.73 Å².